The fraction of sp³-hybridized carbons (Fsp3) is 0.417. The lowest BCUT2D eigenvalue weighted by Gasteiger charge is -2.17. The molecule has 1 aromatic carbocycles. The zero-order valence-electron chi connectivity index (χ0n) is 9.68. The van der Waals surface area contributed by atoms with Gasteiger partial charge in [-0.15, -0.1) is 0 Å². The van der Waals surface area contributed by atoms with E-state index < -0.39 is 0 Å². The summed E-state index contributed by atoms with van der Waals surface area (Å²) in [5.41, 5.74) is 6.37. The van der Waals surface area contributed by atoms with E-state index in [-0.39, 0.29) is 17.7 Å². The largest absolute Gasteiger partial charge is 0.508 e. The molecule has 1 unspecified atom stereocenters. The van der Waals surface area contributed by atoms with E-state index in [9.17, 15) is 4.79 Å². The van der Waals surface area contributed by atoms with E-state index in [4.69, 9.17) is 10.8 Å². The molecule has 0 bridgehead atoms. The van der Waals surface area contributed by atoms with Crippen LogP contribution in [-0.4, -0.2) is 24.1 Å². The van der Waals surface area contributed by atoms with Crippen LogP contribution in [0.2, 0.25) is 0 Å². The SMILES string of the molecule is CC(N)CCC(=O)N(C)c1ccc(O)cc1. The Kier molecular flexibility index (Phi) is 4.31. The van der Waals surface area contributed by atoms with Gasteiger partial charge in [-0.3, -0.25) is 4.79 Å². The van der Waals surface area contributed by atoms with E-state index in [0.717, 1.165) is 5.69 Å². The number of nitrogens with zero attached hydrogens (tertiary/aromatic N) is 1. The number of hydrogen-bond acceptors (Lipinski definition) is 3. The van der Waals surface area contributed by atoms with Crippen molar-refractivity contribution in [1.29, 1.82) is 0 Å². The van der Waals surface area contributed by atoms with Crippen molar-refractivity contribution in [2.45, 2.75) is 25.8 Å². The molecule has 0 aliphatic carbocycles. The molecule has 1 amide bonds. The molecule has 0 saturated carbocycles. The van der Waals surface area contributed by atoms with Crippen LogP contribution in [0.3, 0.4) is 0 Å². The van der Waals surface area contributed by atoms with Crippen molar-refractivity contribution in [2.75, 3.05) is 11.9 Å². The minimum Gasteiger partial charge on any atom is -0.508 e. The Morgan fingerprint density at radius 1 is 1.44 bits per heavy atom. The third-order valence-electron chi connectivity index (χ3n) is 2.42. The average Bonchev–Trinajstić information content (AvgIpc) is 2.26. The van der Waals surface area contributed by atoms with Gasteiger partial charge in [0.25, 0.3) is 0 Å². The maximum Gasteiger partial charge on any atom is 0.226 e. The van der Waals surface area contributed by atoms with Crippen molar-refractivity contribution in [3.05, 3.63) is 24.3 Å². The Hall–Kier alpha value is -1.55. The van der Waals surface area contributed by atoms with Gasteiger partial charge in [0, 0.05) is 25.2 Å². The number of benzene rings is 1. The van der Waals surface area contributed by atoms with Gasteiger partial charge in [0.1, 0.15) is 5.75 Å². The number of nitrogens with two attached hydrogens (primary N) is 1. The van der Waals surface area contributed by atoms with E-state index in [1.807, 2.05) is 6.92 Å². The van der Waals surface area contributed by atoms with Crippen molar-refractivity contribution in [3.8, 4) is 5.75 Å². The summed E-state index contributed by atoms with van der Waals surface area (Å²) in [6, 6.07) is 6.57. The lowest BCUT2D eigenvalue weighted by atomic mass is 10.2. The van der Waals surface area contributed by atoms with Crippen LogP contribution < -0.4 is 10.6 Å². The number of phenolic OH excluding ortho intramolecular Hbond substituents is 1. The molecule has 0 radical (unpaired) electrons. The molecule has 4 heteroatoms. The predicted octanol–water partition coefficient (Wildman–Crippen LogP) is 1.48. The first kappa shape index (κ1) is 12.5. The number of anilines is 1. The van der Waals surface area contributed by atoms with E-state index in [1.54, 1.807) is 36.2 Å². The Morgan fingerprint density at radius 2 is 2.00 bits per heavy atom. The van der Waals surface area contributed by atoms with E-state index in [1.165, 1.54) is 0 Å². The third kappa shape index (κ3) is 3.55. The Labute approximate surface area is 95.7 Å². The molecule has 0 spiro atoms. The van der Waals surface area contributed by atoms with Crippen LogP contribution in [0.1, 0.15) is 19.8 Å². The molecule has 1 rings (SSSR count). The van der Waals surface area contributed by atoms with Crippen LogP contribution in [0.25, 0.3) is 0 Å². The number of carbonyl (C=O) groups excluding carboxylic acids is 1. The number of hydrogen-bond donors (Lipinski definition) is 2. The summed E-state index contributed by atoms with van der Waals surface area (Å²) in [6.07, 6.45) is 1.12. The summed E-state index contributed by atoms with van der Waals surface area (Å²) >= 11 is 0. The first-order chi connectivity index (χ1) is 7.50. The van der Waals surface area contributed by atoms with Gasteiger partial charge >= 0.3 is 0 Å². The van der Waals surface area contributed by atoms with E-state index in [2.05, 4.69) is 0 Å². The molecule has 1 aromatic rings. The van der Waals surface area contributed by atoms with Gasteiger partial charge in [0.05, 0.1) is 0 Å². The van der Waals surface area contributed by atoms with Crippen molar-refractivity contribution in [2.24, 2.45) is 5.73 Å². The molecule has 0 aliphatic rings. The third-order valence-corrected chi connectivity index (χ3v) is 2.42. The second-order valence-corrected chi connectivity index (χ2v) is 3.99. The van der Waals surface area contributed by atoms with Gasteiger partial charge < -0.3 is 15.7 Å². The van der Waals surface area contributed by atoms with Crippen LogP contribution in [-0.2, 0) is 4.79 Å². The summed E-state index contributed by atoms with van der Waals surface area (Å²) in [4.78, 5) is 13.3. The van der Waals surface area contributed by atoms with Gasteiger partial charge in [0.15, 0.2) is 0 Å². The molecule has 0 aliphatic heterocycles. The molecule has 1 atom stereocenters. The smallest absolute Gasteiger partial charge is 0.226 e. The molecule has 0 heterocycles. The maximum atomic E-state index is 11.7. The fourth-order valence-corrected chi connectivity index (χ4v) is 1.34. The highest BCUT2D eigenvalue weighted by molar-refractivity contribution is 5.92. The van der Waals surface area contributed by atoms with Crippen LogP contribution in [0.4, 0.5) is 5.69 Å². The van der Waals surface area contributed by atoms with Gasteiger partial charge in [0.2, 0.25) is 5.91 Å². The summed E-state index contributed by atoms with van der Waals surface area (Å²) in [5, 5.41) is 9.13. The fourth-order valence-electron chi connectivity index (χ4n) is 1.34. The van der Waals surface area contributed by atoms with Crippen molar-refractivity contribution < 1.29 is 9.90 Å². The standard InChI is InChI=1S/C12H18N2O2/c1-9(13)3-8-12(16)14(2)10-4-6-11(15)7-5-10/h4-7,9,15H,3,8,13H2,1-2H3. The van der Waals surface area contributed by atoms with Gasteiger partial charge in [-0.25, -0.2) is 0 Å². The first-order valence-corrected chi connectivity index (χ1v) is 5.32. The van der Waals surface area contributed by atoms with E-state index in [0.29, 0.717) is 12.8 Å². The maximum absolute atomic E-state index is 11.7. The zero-order chi connectivity index (χ0) is 12.1. The lowest BCUT2D eigenvalue weighted by molar-refractivity contribution is -0.118. The second-order valence-electron chi connectivity index (χ2n) is 3.99. The quantitative estimate of drug-likeness (QED) is 0.811. The van der Waals surface area contributed by atoms with Crippen LogP contribution in [0.5, 0.6) is 5.75 Å². The molecular formula is C12H18N2O2. The van der Waals surface area contributed by atoms with Crippen molar-refractivity contribution >= 4 is 11.6 Å². The molecule has 0 fully saturated rings. The molecule has 0 aromatic heterocycles. The minimum atomic E-state index is 0.0305. The molecule has 88 valence electrons. The first-order valence-electron chi connectivity index (χ1n) is 5.32. The van der Waals surface area contributed by atoms with Crippen molar-refractivity contribution in [1.82, 2.24) is 0 Å². The number of rotatable bonds is 4. The van der Waals surface area contributed by atoms with Crippen LogP contribution in [0, 0.1) is 0 Å². The van der Waals surface area contributed by atoms with Gasteiger partial charge in [-0.1, -0.05) is 0 Å². The molecular weight excluding hydrogens is 204 g/mol. The highest BCUT2D eigenvalue weighted by Gasteiger charge is 2.11. The van der Waals surface area contributed by atoms with E-state index >= 15 is 0 Å². The summed E-state index contributed by atoms with van der Waals surface area (Å²) < 4.78 is 0. The van der Waals surface area contributed by atoms with Gasteiger partial charge in [-0.05, 0) is 37.6 Å². The molecule has 4 nitrogen and oxygen atoms in total. The highest BCUT2D eigenvalue weighted by atomic mass is 16.3. The number of phenols is 1. The lowest BCUT2D eigenvalue weighted by Crippen LogP contribution is -2.28. The van der Waals surface area contributed by atoms with Gasteiger partial charge in [-0.2, -0.15) is 0 Å². The van der Waals surface area contributed by atoms with Crippen molar-refractivity contribution in [3.63, 3.8) is 0 Å². The number of carbonyl (C=O) groups is 1. The minimum absolute atomic E-state index is 0.0305. The topological polar surface area (TPSA) is 66.6 Å². The molecule has 16 heavy (non-hydrogen) atoms. The summed E-state index contributed by atoms with van der Waals surface area (Å²) in [5.74, 6) is 0.225. The monoisotopic (exact) mass is 222 g/mol. The normalized spacial score (nSPS) is 12.2. The second kappa shape index (κ2) is 5.51. The van der Waals surface area contributed by atoms with Crippen LogP contribution >= 0.6 is 0 Å². The average molecular weight is 222 g/mol. The summed E-state index contributed by atoms with van der Waals surface area (Å²) in [6.45, 7) is 1.88. The Morgan fingerprint density at radius 3 is 2.50 bits per heavy atom. The highest BCUT2D eigenvalue weighted by Crippen LogP contribution is 2.18. The molecule has 3 N–H and O–H groups in total. The van der Waals surface area contributed by atoms with Crippen LogP contribution in [0.15, 0.2) is 24.3 Å². The Bertz CT molecular complexity index is 347. The molecule has 0 saturated heterocycles. The summed E-state index contributed by atoms with van der Waals surface area (Å²) in [7, 11) is 1.72. The number of amides is 1. The zero-order valence-corrected chi connectivity index (χ0v) is 9.68. The number of aromatic hydroxyl groups is 1. The predicted molar refractivity (Wildman–Crippen MR) is 64.4 cm³/mol. The Balaban J connectivity index is 2.59.